The van der Waals surface area contributed by atoms with E-state index in [2.05, 4.69) is 10.6 Å². The molecule has 7 nitrogen and oxygen atoms in total. The van der Waals surface area contributed by atoms with E-state index in [4.69, 9.17) is 0 Å². The third-order valence-electron chi connectivity index (χ3n) is 5.73. The molecule has 0 radical (unpaired) electrons. The zero-order chi connectivity index (χ0) is 20.1. The Labute approximate surface area is 167 Å². The summed E-state index contributed by atoms with van der Waals surface area (Å²) in [4.78, 5) is 39.7. The summed E-state index contributed by atoms with van der Waals surface area (Å²) >= 11 is 0. The predicted molar refractivity (Wildman–Crippen MR) is 110 cm³/mol. The Morgan fingerprint density at radius 2 is 2.00 bits per heavy atom. The van der Waals surface area contributed by atoms with E-state index in [1.165, 1.54) is 0 Å². The molecule has 29 heavy (non-hydrogen) atoms. The smallest absolute Gasteiger partial charge is 0.256 e. The summed E-state index contributed by atoms with van der Waals surface area (Å²) in [6.45, 7) is 0.573. The molecule has 2 aliphatic heterocycles. The van der Waals surface area contributed by atoms with E-state index in [0.29, 0.717) is 35.5 Å². The largest absolute Gasteiger partial charge is 0.351 e. The Morgan fingerprint density at radius 1 is 1.14 bits per heavy atom. The lowest BCUT2D eigenvalue weighted by atomic mass is 10.1. The fourth-order valence-electron chi connectivity index (χ4n) is 4.17. The molecular formula is C22H20N4O3. The fraction of sp³-hybridized carbons (Fsp3) is 0.227. The van der Waals surface area contributed by atoms with Gasteiger partial charge in [0.1, 0.15) is 6.04 Å². The van der Waals surface area contributed by atoms with Crippen LogP contribution in [-0.2, 0) is 11.8 Å². The first-order valence-corrected chi connectivity index (χ1v) is 9.63. The molecule has 1 aromatic heterocycles. The lowest BCUT2D eigenvalue weighted by Crippen LogP contribution is -2.40. The summed E-state index contributed by atoms with van der Waals surface area (Å²) < 4.78 is 1.96. The van der Waals surface area contributed by atoms with Crippen molar-refractivity contribution < 1.29 is 14.4 Å². The maximum Gasteiger partial charge on any atom is 0.256 e. The fourth-order valence-corrected chi connectivity index (χ4v) is 4.17. The first-order chi connectivity index (χ1) is 14.0. The molecule has 3 aromatic rings. The highest BCUT2D eigenvalue weighted by molar-refractivity contribution is 6.12. The first-order valence-electron chi connectivity index (χ1n) is 9.63. The summed E-state index contributed by atoms with van der Waals surface area (Å²) in [7, 11) is 1.93. The van der Waals surface area contributed by atoms with E-state index < -0.39 is 6.04 Å². The average Bonchev–Trinajstić information content (AvgIpc) is 3.33. The number of carbonyl (C=O) groups excluding carboxylic acids is 3. The van der Waals surface area contributed by atoms with Gasteiger partial charge in [-0.2, -0.15) is 0 Å². The molecule has 2 aliphatic rings. The summed E-state index contributed by atoms with van der Waals surface area (Å²) in [5.41, 5.74) is 2.91. The Balaban J connectivity index is 1.44. The number of carbonyl (C=O) groups is 3. The monoisotopic (exact) mass is 388 g/mol. The van der Waals surface area contributed by atoms with Gasteiger partial charge < -0.3 is 20.1 Å². The van der Waals surface area contributed by atoms with Crippen LogP contribution in [0, 0.1) is 0 Å². The molecule has 1 fully saturated rings. The van der Waals surface area contributed by atoms with Gasteiger partial charge in [-0.05, 0) is 54.6 Å². The number of rotatable bonds is 2. The van der Waals surface area contributed by atoms with Crippen molar-refractivity contribution in [3.63, 3.8) is 0 Å². The summed E-state index contributed by atoms with van der Waals surface area (Å²) in [5, 5.41) is 6.77. The molecule has 0 bridgehead atoms. The van der Waals surface area contributed by atoms with Crippen LogP contribution in [0.5, 0.6) is 0 Å². The van der Waals surface area contributed by atoms with Crippen LogP contribution in [0.4, 0.5) is 11.4 Å². The van der Waals surface area contributed by atoms with E-state index in [1.807, 2.05) is 36.0 Å². The third-order valence-corrected chi connectivity index (χ3v) is 5.73. The van der Waals surface area contributed by atoms with E-state index >= 15 is 0 Å². The standard InChI is InChI=1S/C22H20N4O3/c1-25-10-8-13-4-5-14(11-19(13)25)20(27)23-15-6-7-17-16(12-15)22(29)26-9-2-3-18(26)21(28)24-17/h4-8,10-12,18H,2-3,9H2,1H3,(H,23,27)(H,24,28)/t18-/m1/s1. The normalized spacial score (nSPS) is 18.2. The topological polar surface area (TPSA) is 83.4 Å². The Kier molecular flexibility index (Phi) is 3.91. The average molecular weight is 388 g/mol. The Morgan fingerprint density at radius 3 is 2.86 bits per heavy atom. The highest BCUT2D eigenvalue weighted by atomic mass is 16.2. The summed E-state index contributed by atoms with van der Waals surface area (Å²) in [6, 6.07) is 12.1. The van der Waals surface area contributed by atoms with Crippen LogP contribution in [0.25, 0.3) is 10.9 Å². The maximum atomic E-state index is 12.9. The number of amides is 3. The molecule has 5 rings (SSSR count). The van der Waals surface area contributed by atoms with Crippen molar-refractivity contribution in [2.45, 2.75) is 18.9 Å². The number of aryl methyl sites for hydroxylation is 1. The molecule has 1 saturated heterocycles. The second-order valence-electron chi connectivity index (χ2n) is 7.56. The lowest BCUT2D eigenvalue weighted by Gasteiger charge is -2.20. The van der Waals surface area contributed by atoms with Gasteiger partial charge in [-0.1, -0.05) is 6.07 Å². The number of nitrogens with one attached hydrogen (secondary N) is 2. The summed E-state index contributed by atoms with van der Waals surface area (Å²) in [6.07, 6.45) is 3.44. The van der Waals surface area contributed by atoms with Crippen molar-refractivity contribution >= 4 is 40.0 Å². The van der Waals surface area contributed by atoms with Crippen molar-refractivity contribution in [3.8, 4) is 0 Å². The van der Waals surface area contributed by atoms with Crippen LogP contribution >= 0.6 is 0 Å². The minimum atomic E-state index is -0.412. The first kappa shape index (κ1) is 17.5. The van der Waals surface area contributed by atoms with Gasteiger partial charge in [0.15, 0.2) is 0 Å². The van der Waals surface area contributed by atoms with E-state index in [9.17, 15) is 14.4 Å². The number of anilines is 2. The maximum absolute atomic E-state index is 12.9. The molecule has 146 valence electrons. The van der Waals surface area contributed by atoms with Gasteiger partial charge in [0, 0.05) is 36.6 Å². The number of fused-ring (bicyclic) bond motifs is 3. The number of benzene rings is 2. The third kappa shape index (κ3) is 2.86. The van der Waals surface area contributed by atoms with E-state index in [1.54, 1.807) is 29.2 Å². The Bertz CT molecular complexity index is 1180. The molecule has 2 aromatic carbocycles. The molecule has 7 heteroatoms. The molecule has 1 atom stereocenters. The van der Waals surface area contributed by atoms with Crippen molar-refractivity contribution in [2.75, 3.05) is 17.2 Å². The van der Waals surface area contributed by atoms with Gasteiger partial charge in [0.25, 0.3) is 11.8 Å². The van der Waals surface area contributed by atoms with Gasteiger partial charge in [-0.25, -0.2) is 0 Å². The Hall–Kier alpha value is -3.61. The van der Waals surface area contributed by atoms with Gasteiger partial charge in [-0.3, -0.25) is 14.4 Å². The molecule has 3 amide bonds. The highest BCUT2D eigenvalue weighted by Crippen LogP contribution is 2.30. The van der Waals surface area contributed by atoms with Crippen LogP contribution in [0.1, 0.15) is 33.6 Å². The SMILES string of the molecule is Cn1ccc2ccc(C(=O)Nc3ccc4c(c3)C(=O)N3CCC[C@@H]3C(=O)N4)cc21. The van der Waals surface area contributed by atoms with Gasteiger partial charge >= 0.3 is 0 Å². The van der Waals surface area contributed by atoms with E-state index in [0.717, 1.165) is 17.3 Å². The second kappa shape index (κ2) is 6.48. The highest BCUT2D eigenvalue weighted by Gasteiger charge is 2.38. The molecule has 2 N–H and O–H groups in total. The zero-order valence-electron chi connectivity index (χ0n) is 15.9. The summed E-state index contributed by atoms with van der Waals surface area (Å²) in [5.74, 6) is -0.582. The van der Waals surface area contributed by atoms with Crippen LogP contribution < -0.4 is 10.6 Å². The number of nitrogens with zero attached hydrogens (tertiary/aromatic N) is 2. The number of aromatic nitrogens is 1. The van der Waals surface area contributed by atoms with Crippen molar-refractivity contribution in [1.82, 2.24) is 9.47 Å². The van der Waals surface area contributed by atoms with Crippen LogP contribution in [0.3, 0.4) is 0 Å². The van der Waals surface area contributed by atoms with Crippen LogP contribution in [0.15, 0.2) is 48.7 Å². The van der Waals surface area contributed by atoms with Gasteiger partial charge in [0.2, 0.25) is 5.91 Å². The molecule has 0 spiro atoms. The molecule has 0 aliphatic carbocycles. The molecule has 0 saturated carbocycles. The zero-order valence-corrected chi connectivity index (χ0v) is 15.9. The van der Waals surface area contributed by atoms with Crippen molar-refractivity contribution in [3.05, 3.63) is 59.8 Å². The lowest BCUT2D eigenvalue weighted by molar-refractivity contribution is -0.119. The van der Waals surface area contributed by atoms with Gasteiger partial charge in [-0.15, -0.1) is 0 Å². The van der Waals surface area contributed by atoms with Crippen LogP contribution in [0.2, 0.25) is 0 Å². The molecule has 0 unspecified atom stereocenters. The second-order valence-corrected chi connectivity index (χ2v) is 7.56. The van der Waals surface area contributed by atoms with E-state index in [-0.39, 0.29) is 17.7 Å². The van der Waals surface area contributed by atoms with Gasteiger partial charge in [0.05, 0.1) is 11.3 Å². The predicted octanol–water partition coefficient (Wildman–Crippen LogP) is 2.99. The number of hydrogen-bond donors (Lipinski definition) is 2. The minimum absolute atomic E-state index is 0.151. The van der Waals surface area contributed by atoms with Crippen molar-refractivity contribution in [1.29, 1.82) is 0 Å². The van der Waals surface area contributed by atoms with Crippen molar-refractivity contribution in [2.24, 2.45) is 7.05 Å². The molecular weight excluding hydrogens is 368 g/mol. The quantitative estimate of drug-likeness (QED) is 0.708. The minimum Gasteiger partial charge on any atom is -0.351 e. The van der Waals surface area contributed by atoms with Crippen LogP contribution in [-0.4, -0.2) is 39.8 Å². The molecule has 3 heterocycles. The number of hydrogen-bond acceptors (Lipinski definition) is 3.